The third-order valence-electron chi connectivity index (χ3n) is 3.97. The summed E-state index contributed by atoms with van der Waals surface area (Å²) in [7, 11) is -1.24. The first-order chi connectivity index (χ1) is 8.99. The van der Waals surface area contributed by atoms with E-state index in [9.17, 15) is 8.42 Å². The van der Waals surface area contributed by atoms with Gasteiger partial charge >= 0.3 is 0 Å². The first kappa shape index (κ1) is 16.8. The molecule has 6 nitrogen and oxygen atoms in total. The van der Waals surface area contributed by atoms with Crippen molar-refractivity contribution in [2.45, 2.75) is 44.2 Å². The first-order valence-electron chi connectivity index (χ1n) is 6.79. The van der Waals surface area contributed by atoms with Crippen molar-refractivity contribution in [1.29, 1.82) is 0 Å². The van der Waals surface area contributed by atoms with E-state index < -0.39 is 9.84 Å². The van der Waals surface area contributed by atoms with Crippen LogP contribution < -0.4 is 11.3 Å². The number of rotatable bonds is 8. The monoisotopic (exact) mass is 294 g/mol. The molecule has 1 fully saturated rings. The van der Waals surface area contributed by atoms with Crippen molar-refractivity contribution >= 4 is 9.84 Å². The molecule has 1 saturated heterocycles. The third-order valence-corrected chi connectivity index (χ3v) is 5.76. The molecule has 1 rings (SSSR count). The Labute approximate surface area is 115 Å². The van der Waals surface area contributed by atoms with Gasteiger partial charge in [0.25, 0.3) is 0 Å². The van der Waals surface area contributed by atoms with E-state index in [2.05, 4.69) is 5.43 Å². The first-order valence-corrected chi connectivity index (χ1v) is 8.61. The van der Waals surface area contributed by atoms with Gasteiger partial charge in [-0.2, -0.15) is 0 Å². The fourth-order valence-corrected chi connectivity index (χ4v) is 3.46. The van der Waals surface area contributed by atoms with E-state index in [1.165, 1.54) is 0 Å². The van der Waals surface area contributed by atoms with E-state index in [4.69, 9.17) is 15.3 Å². The van der Waals surface area contributed by atoms with E-state index in [1.54, 1.807) is 14.0 Å². The third kappa shape index (κ3) is 4.68. The molecule has 0 radical (unpaired) electrons. The van der Waals surface area contributed by atoms with Crippen molar-refractivity contribution in [3.05, 3.63) is 0 Å². The van der Waals surface area contributed by atoms with Gasteiger partial charge in [-0.1, -0.05) is 6.92 Å². The lowest BCUT2D eigenvalue weighted by molar-refractivity contribution is -0.111. The summed E-state index contributed by atoms with van der Waals surface area (Å²) in [5, 5.41) is 0. The van der Waals surface area contributed by atoms with Gasteiger partial charge in [-0.25, -0.2) is 8.42 Å². The van der Waals surface area contributed by atoms with Crippen LogP contribution in [0, 0.1) is 0 Å². The average Bonchev–Trinajstić information content (AvgIpc) is 2.44. The van der Waals surface area contributed by atoms with Crippen molar-refractivity contribution in [1.82, 2.24) is 5.43 Å². The molecule has 7 heteroatoms. The summed E-state index contributed by atoms with van der Waals surface area (Å²) in [5.74, 6) is 6.02. The van der Waals surface area contributed by atoms with E-state index in [0.717, 1.165) is 12.8 Å². The maximum Gasteiger partial charge on any atom is 0.150 e. The largest absolute Gasteiger partial charge is 0.381 e. The van der Waals surface area contributed by atoms with Gasteiger partial charge in [0, 0.05) is 38.9 Å². The summed E-state index contributed by atoms with van der Waals surface area (Å²) < 4.78 is 34.0. The molecule has 1 aliphatic heterocycles. The van der Waals surface area contributed by atoms with Crippen molar-refractivity contribution in [2.75, 3.05) is 31.8 Å². The number of hydrazine groups is 1. The van der Waals surface area contributed by atoms with Crippen molar-refractivity contribution < 1.29 is 17.9 Å². The van der Waals surface area contributed by atoms with E-state index in [0.29, 0.717) is 26.1 Å². The molecule has 0 aromatic rings. The molecular formula is C12H26N2O4S. The number of ether oxygens (including phenoxy) is 2. The lowest BCUT2D eigenvalue weighted by Crippen LogP contribution is -2.57. The molecule has 1 unspecified atom stereocenters. The number of methoxy groups -OCH3 is 1. The van der Waals surface area contributed by atoms with Crippen LogP contribution in [0.2, 0.25) is 0 Å². The highest BCUT2D eigenvalue weighted by molar-refractivity contribution is 7.91. The highest BCUT2D eigenvalue weighted by Gasteiger charge is 2.39. The predicted octanol–water partition coefficient (Wildman–Crippen LogP) is 0.229. The summed E-state index contributed by atoms with van der Waals surface area (Å²) in [6, 6.07) is -0.0477. The number of hydrogen-bond acceptors (Lipinski definition) is 6. The molecule has 0 spiro atoms. The minimum atomic E-state index is -2.91. The van der Waals surface area contributed by atoms with Crippen LogP contribution in [0.15, 0.2) is 0 Å². The Morgan fingerprint density at radius 3 is 2.53 bits per heavy atom. The molecule has 0 amide bonds. The van der Waals surface area contributed by atoms with Gasteiger partial charge in [-0.3, -0.25) is 11.3 Å². The quantitative estimate of drug-likeness (QED) is 0.492. The Morgan fingerprint density at radius 1 is 1.42 bits per heavy atom. The number of hydrogen-bond donors (Lipinski definition) is 2. The lowest BCUT2D eigenvalue weighted by atomic mass is 9.84. The summed E-state index contributed by atoms with van der Waals surface area (Å²) in [5.41, 5.74) is 2.45. The van der Waals surface area contributed by atoms with Gasteiger partial charge in [0.05, 0.1) is 17.4 Å². The molecule has 19 heavy (non-hydrogen) atoms. The Hall–Kier alpha value is -0.210. The molecule has 0 saturated carbocycles. The van der Waals surface area contributed by atoms with Crippen LogP contribution in [0.1, 0.15) is 32.6 Å². The Balaban J connectivity index is 2.56. The van der Waals surface area contributed by atoms with E-state index >= 15 is 0 Å². The van der Waals surface area contributed by atoms with Gasteiger partial charge in [-0.15, -0.1) is 0 Å². The Morgan fingerprint density at radius 2 is 2.05 bits per heavy atom. The van der Waals surface area contributed by atoms with Gasteiger partial charge < -0.3 is 9.47 Å². The fraction of sp³-hybridized carbons (Fsp3) is 1.00. The van der Waals surface area contributed by atoms with Crippen molar-refractivity contribution in [3.63, 3.8) is 0 Å². The average molecular weight is 294 g/mol. The van der Waals surface area contributed by atoms with Crippen molar-refractivity contribution in [2.24, 2.45) is 5.84 Å². The smallest absolute Gasteiger partial charge is 0.150 e. The van der Waals surface area contributed by atoms with Crippen LogP contribution in [0.25, 0.3) is 0 Å². The van der Waals surface area contributed by atoms with Crippen LogP contribution in [-0.4, -0.2) is 51.9 Å². The molecule has 0 aromatic carbocycles. The summed E-state index contributed by atoms with van der Waals surface area (Å²) in [6.45, 7) is 2.97. The standard InChI is InChI=1S/C12H26N2O4S/c1-3-19(15,16)10-4-5-11(14-13)12(17-2)6-8-18-9-7-12/h11,14H,3-10,13H2,1-2H3. The van der Waals surface area contributed by atoms with Gasteiger partial charge in [0.1, 0.15) is 9.84 Å². The summed E-state index contributed by atoms with van der Waals surface area (Å²) in [4.78, 5) is 0. The Kier molecular flexibility index (Phi) is 6.68. The van der Waals surface area contributed by atoms with E-state index in [1.807, 2.05) is 0 Å². The normalized spacial score (nSPS) is 21.2. The van der Waals surface area contributed by atoms with Crippen LogP contribution in [0.4, 0.5) is 0 Å². The second-order valence-electron chi connectivity index (χ2n) is 4.98. The molecule has 114 valence electrons. The number of sulfone groups is 1. The highest BCUT2D eigenvalue weighted by atomic mass is 32.2. The SMILES string of the molecule is CCS(=O)(=O)CCCC(NN)C1(OC)CCOCC1. The summed E-state index contributed by atoms with van der Waals surface area (Å²) >= 11 is 0. The van der Waals surface area contributed by atoms with Crippen LogP contribution in [-0.2, 0) is 19.3 Å². The zero-order valence-electron chi connectivity index (χ0n) is 11.9. The number of nitrogens with two attached hydrogens (primary N) is 1. The van der Waals surface area contributed by atoms with Gasteiger partial charge in [0.15, 0.2) is 0 Å². The molecule has 0 bridgehead atoms. The molecule has 0 aromatic heterocycles. The lowest BCUT2D eigenvalue weighted by Gasteiger charge is -2.42. The van der Waals surface area contributed by atoms with Crippen LogP contribution in [0.3, 0.4) is 0 Å². The van der Waals surface area contributed by atoms with Gasteiger partial charge in [-0.05, 0) is 12.8 Å². The molecule has 3 N–H and O–H groups in total. The molecule has 1 aliphatic rings. The molecule has 1 atom stereocenters. The number of nitrogens with one attached hydrogen (secondary N) is 1. The zero-order chi connectivity index (χ0) is 14.4. The summed E-state index contributed by atoms with van der Waals surface area (Å²) in [6.07, 6.45) is 2.83. The molecule has 0 aliphatic carbocycles. The maximum absolute atomic E-state index is 11.5. The van der Waals surface area contributed by atoms with E-state index in [-0.39, 0.29) is 23.1 Å². The van der Waals surface area contributed by atoms with Crippen LogP contribution in [0.5, 0.6) is 0 Å². The second-order valence-corrected chi connectivity index (χ2v) is 7.45. The second kappa shape index (κ2) is 7.54. The predicted molar refractivity (Wildman–Crippen MR) is 74.5 cm³/mol. The minimum absolute atomic E-state index is 0.0477. The minimum Gasteiger partial charge on any atom is -0.381 e. The Bertz CT molecular complexity index is 353. The van der Waals surface area contributed by atoms with Crippen LogP contribution >= 0.6 is 0 Å². The topological polar surface area (TPSA) is 90.7 Å². The molecular weight excluding hydrogens is 268 g/mol. The maximum atomic E-state index is 11.5. The fourth-order valence-electron chi connectivity index (χ4n) is 2.56. The van der Waals surface area contributed by atoms with Crippen molar-refractivity contribution in [3.8, 4) is 0 Å². The highest BCUT2D eigenvalue weighted by Crippen LogP contribution is 2.30. The molecule has 1 heterocycles. The zero-order valence-corrected chi connectivity index (χ0v) is 12.7. The van der Waals surface area contributed by atoms with Gasteiger partial charge in [0.2, 0.25) is 0 Å².